The van der Waals surface area contributed by atoms with E-state index in [0.717, 1.165) is 25.7 Å². The van der Waals surface area contributed by atoms with Crippen molar-refractivity contribution in [2.24, 2.45) is 5.73 Å². The Kier molecular flexibility index (Phi) is 5.90. The van der Waals surface area contributed by atoms with Gasteiger partial charge in [-0.25, -0.2) is 8.42 Å². The van der Waals surface area contributed by atoms with E-state index in [1.165, 1.54) is 13.2 Å². The molecule has 140 valence electrons. The molecule has 6 nitrogen and oxygen atoms in total. The van der Waals surface area contributed by atoms with Gasteiger partial charge in [-0.2, -0.15) is 4.31 Å². The summed E-state index contributed by atoms with van der Waals surface area (Å²) in [5.41, 5.74) is 6.07. The fraction of sp³-hybridized carbons (Fsp3) is 0.647. The monoisotopic (exact) mass is 388 g/mol. The van der Waals surface area contributed by atoms with Crippen LogP contribution in [0.1, 0.15) is 32.1 Å². The first-order chi connectivity index (χ1) is 11.9. The molecule has 0 aromatic heterocycles. The highest BCUT2D eigenvalue weighted by Gasteiger charge is 2.40. The number of nitrogens with two attached hydrogens (primary N) is 1. The Bertz CT molecular complexity index is 713. The van der Waals surface area contributed by atoms with Gasteiger partial charge in [0.1, 0.15) is 5.75 Å². The molecular weight excluding hydrogens is 364 g/mol. The number of methoxy groups -OCH3 is 1. The summed E-state index contributed by atoms with van der Waals surface area (Å²) in [5, 5.41) is 0.285. The van der Waals surface area contributed by atoms with Crippen LogP contribution in [0.25, 0.3) is 0 Å². The first kappa shape index (κ1) is 18.9. The van der Waals surface area contributed by atoms with Crippen molar-refractivity contribution < 1.29 is 17.9 Å². The topological polar surface area (TPSA) is 81.9 Å². The summed E-state index contributed by atoms with van der Waals surface area (Å²) < 4.78 is 39.0. The van der Waals surface area contributed by atoms with Gasteiger partial charge in [0.15, 0.2) is 0 Å². The van der Waals surface area contributed by atoms with Crippen molar-refractivity contribution >= 4 is 21.6 Å². The molecule has 1 aromatic carbocycles. The molecule has 0 aliphatic carbocycles. The average Bonchev–Trinajstić information content (AvgIpc) is 2.61. The molecule has 0 amide bonds. The van der Waals surface area contributed by atoms with Gasteiger partial charge in [-0.15, -0.1) is 0 Å². The molecule has 0 radical (unpaired) electrons. The summed E-state index contributed by atoms with van der Waals surface area (Å²) in [4.78, 5) is 0.185. The number of hydrogen-bond donors (Lipinski definition) is 1. The smallest absolute Gasteiger partial charge is 0.243 e. The molecule has 25 heavy (non-hydrogen) atoms. The van der Waals surface area contributed by atoms with Crippen LogP contribution in [-0.2, 0) is 14.8 Å². The Morgan fingerprint density at radius 2 is 2.12 bits per heavy atom. The number of hydrogen-bond acceptors (Lipinski definition) is 5. The highest BCUT2D eigenvalue weighted by molar-refractivity contribution is 7.89. The number of rotatable bonds is 4. The van der Waals surface area contributed by atoms with E-state index >= 15 is 0 Å². The zero-order valence-corrected chi connectivity index (χ0v) is 15.9. The average molecular weight is 389 g/mol. The summed E-state index contributed by atoms with van der Waals surface area (Å²) in [5.74, 6) is 0.456. The first-order valence-corrected chi connectivity index (χ1v) is 10.5. The minimum atomic E-state index is -3.65. The second-order valence-corrected chi connectivity index (χ2v) is 8.97. The van der Waals surface area contributed by atoms with E-state index in [9.17, 15) is 8.42 Å². The maximum absolute atomic E-state index is 13.2. The molecular formula is C17H25ClN2O4S. The van der Waals surface area contributed by atoms with E-state index in [2.05, 4.69) is 0 Å². The molecule has 2 aliphatic rings. The molecule has 2 fully saturated rings. The molecule has 0 spiro atoms. The van der Waals surface area contributed by atoms with Gasteiger partial charge in [0.25, 0.3) is 0 Å². The van der Waals surface area contributed by atoms with Crippen LogP contribution in [0.2, 0.25) is 5.02 Å². The van der Waals surface area contributed by atoms with Crippen molar-refractivity contribution in [3.63, 3.8) is 0 Å². The zero-order valence-electron chi connectivity index (χ0n) is 14.4. The second kappa shape index (κ2) is 7.80. The van der Waals surface area contributed by atoms with Crippen LogP contribution < -0.4 is 10.5 Å². The summed E-state index contributed by atoms with van der Waals surface area (Å²) in [6.07, 6.45) is 4.01. The van der Waals surface area contributed by atoms with Gasteiger partial charge in [-0.1, -0.05) is 18.0 Å². The lowest BCUT2D eigenvalue weighted by molar-refractivity contribution is -0.0386. The molecule has 3 rings (SSSR count). The fourth-order valence-electron chi connectivity index (χ4n) is 3.67. The molecule has 1 aromatic rings. The summed E-state index contributed by atoms with van der Waals surface area (Å²) in [7, 11) is -2.15. The van der Waals surface area contributed by atoms with Crippen LogP contribution in [0.5, 0.6) is 5.75 Å². The van der Waals surface area contributed by atoms with Crippen LogP contribution in [0.3, 0.4) is 0 Å². The van der Waals surface area contributed by atoms with E-state index in [-0.39, 0.29) is 28.1 Å². The van der Waals surface area contributed by atoms with E-state index in [0.29, 0.717) is 25.3 Å². The maximum Gasteiger partial charge on any atom is 0.243 e. The van der Waals surface area contributed by atoms with Crippen LogP contribution in [0.4, 0.5) is 0 Å². The lowest BCUT2D eigenvalue weighted by Crippen LogP contribution is -2.53. The maximum atomic E-state index is 13.2. The van der Waals surface area contributed by atoms with Gasteiger partial charge in [-0.3, -0.25) is 0 Å². The summed E-state index contributed by atoms with van der Waals surface area (Å²) in [6, 6.07) is 4.47. The van der Waals surface area contributed by atoms with Crippen molar-refractivity contribution in [2.45, 2.75) is 55.2 Å². The van der Waals surface area contributed by atoms with Crippen LogP contribution in [-0.4, -0.2) is 51.2 Å². The Labute approximate surface area is 154 Å². The Morgan fingerprint density at radius 3 is 2.80 bits per heavy atom. The second-order valence-electron chi connectivity index (χ2n) is 6.67. The Balaban J connectivity index is 1.89. The van der Waals surface area contributed by atoms with Gasteiger partial charge in [-0.05, 0) is 43.9 Å². The van der Waals surface area contributed by atoms with E-state index in [4.69, 9.17) is 26.8 Å². The van der Waals surface area contributed by atoms with E-state index in [1.54, 1.807) is 16.4 Å². The molecule has 2 saturated heterocycles. The predicted octanol–water partition coefficient (Wildman–Crippen LogP) is 2.40. The lowest BCUT2D eigenvalue weighted by atomic mass is 9.93. The van der Waals surface area contributed by atoms with Crippen LogP contribution >= 0.6 is 11.6 Å². The van der Waals surface area contributed by atoms with Gasteiger partial charge in [0, 0.05) is 19.2 Å². The minimum absolute atomic E-state index is 0.0701. The van der Waals surface area contributed by atoms with Crippen molar-refractivity contribution in [1.82, 2.24) is 4.31 Å². The molecule has 3 atom stereocenters. The molecule has 2 aliphatic heterocycles. The Hall–Kier alpha value is -0.860. The van der Waals surface area contributed by atoms with Crippen molar-refractivity contribution in [3.8, 4) is 5.75 Å². The fourth-order valence-corrected chi connectivity index (χ4v) is 5.73. The van der Waals surface area contributed by atoms with Crippen molar-refractivity contribution in [1.29, 1.82) is 0 Å². The third-order valence-corrected chi connectivity index (χ3v) is 7.23. The SMILES string of the molecule is COc1ccc(S(=O)(=O)N2CCCCC2C2CC(N)CCO2)cc1Cl. The molecule has 2 N–H and O–H groups in total. The molecule has 3 unspecified atom stereocenters. The number of benzene rings is 1. The van der Waals surface area contributed by atoms with Crippen LogP contribution in [0, 0.1) is 0 Å². The zero-order chi connectivity index (χ0) is 18.0. The van der Waals surface area contributed by atoms with Crippen molar-refractivity contribution in [3.05, 3.63) is 23.2 Å². The van der Waals surface area contributed by atoms with Crippen LogP contribution in [0.15, 0.2) is 23.1 Å². The number of piperidine rings is 1. The largest absolute Gasteiger partial charge is 0.495 e. The minimum Gasteiger partial charge on any atom is -0.495 e. The van der Waals surface area contributed by atoms with Gasteiger partial charge < -0.3 is 15.2 Å². The van der Waals surface area contributed by atoms with E-state index < -0.39 is 10.0 Å². The number of ether oxygens (including phenoxy) is 2. The number of sulfonamides is 1. The van der Waals surface area contributed by atoms with E-state index in [1.807, 2.05) is 0 Å². The Morgan fingerprint density at radius 1 is 1.32 bits per heavy atom. The highest BCUT2D eigenvalue weighted by Crippen LogP contribution is 2.33. The standard InChI is InChI=1S/C17H25ClN2O4S/c1-23-16-6-5-13(11-14(16)18)25(21,22)20-8-3-2-4-15(20)17-10-12(19)7-9-24-17/h5-6,11-12,15,17H,2-4,7-10,19H2,1H3. The normalized spacial score (nSPS) is 28.7. The summed E-state index contributed by atoms with van der Waals surface area (Å²) >= 11 is 6.13. The third kappa shape index (κ3) is 3.95. The van der Waals surface area contributed by atoms with Crippen molar-refractivity contribution in [2.75, 3.05) is 20.3 Å². The van der Waals surface area contributed by atoms with Gasteiger partial charge >= 0.3 is 0 Å². The first-order valence-electron chi connectivity index (χ1n) is 8.66. The lowest BCUT2D eigenvalue weighted by Gasteiger charge is -2.41. The number of nitrogens with zero attached hydrogens (tertiary/aromatic N) is 1. The summed E-state index contributed by atoms with van der Waals surface area (Å²) in [6.45, 7) is 1.08. The van der Waals surface area contributed by atoms with Gasteiger partial charge in [0.2, 0.25) is 10.0 Å². The predicted molar refractivity (Wildman–Crippen MR) is 96.5 cm³/mol. The quantitative estimate of drug-likeness (QED) is 0.856. The molecule has 0 bridgehead atoms. The van der Waals surface area contributed by atoms with Gasteiger partial charge in [0.05, 0.1) is 29.2 Å². The highest BCUT2D eigenvalue weighted by atomic mass is 35.5. The molecule has 0 saturated carbocycles. The number of halogens is 1. The third-order valence-electron chi connectivity index (χ3n) is 5.01. The molecule has 8 heteroatoms. The molecule has 2 heterocycles.